The number of nitrogens with zero attached hydrogens (tertiary/aromatic N) is 1. The van der Waals surface area contributed by atoms with Crippen LogP contribution in [0.2, 0.25) is 0 Å². The maximum Gasteiger partial charge on any atom is 0.345 e. The molecule has 0 spiro atoms. The number of hydrogen-bond donors (Lipinski definition) is 0. The summed E-state index contributed by atoms with van der Waals surface area (Å²) >= 11 is 0. The minimum atomic E-state index is -0.344. The van der Waals surface area contributed by atoms with Crippen molar-refractivity contribution in [3.8, 4) is 0 Å². The summed E-state index contributed by atoms with van der Waals surface area (Å²) in [5, 5.41) is 0.904. The van der Waals surface area contributed by atoms with E-state index in [1.165, 1.54) is 0 Å². The number of aliphatic imine (C=N–C) groups is 1. The molecule has 1 heterocycles. The lowest BCUT2D eigenvalue weighted by Crippen LogP contribution is -2.12. The lowest BCUT2D eigenvalue weighted by molar-refractivity contribution is 0.559. The molecular weight excluding hydrogens is 262 g/mol. The Labute approximate surface area is 122 Å². The predicted octanol–water partition coefficient (Wildman–Crippen LogP) is 3.80. The molecule has 3 aromatic rings. The van der Waals surface area contributed by atoms with Gasteiger partial charge in [-0.15, -0.1) is 0 Å². The van der Waals surface area contributed by atoms with Gasteiger partial charge in [-0.1, -0.05) is 48.5 Å². The minimum absolute atomic E-state index is 0.344. The first kappa shape index (κ1) is 13.3. The molecule has 0 unspecified atom stereocenters. The maximum atomic E-state index is 12.0. The SMILES string of the molecule is CC(=NCc1ccccc1)c1cc2ccccc2oc1=O. The predicted molar refractivity (Wildman–Crippen MR) is 84.8 cm³/mol. The second-order valence-electron chi connectivity index (χ2n) is 4.87. The van der Waals surface area contributed by atoms with E-state index in [9.17, 15) is 4.79 Å². The zero-order chi connectivity index (χ0) is 14.7. The van der Waals surface area contributed by atoms with Gasteiger partial charge < -0.3 is 4.42 Å². The second kappa shape index (κ2) is 5.75. The fourth-order valence-corrected chi connectivity index (χ4v) is 2.19. The fraction of sp³-hybridized carbons (Fsp3) is 0.111. The Morgan fingerprint density at radius 1 is 1.05 bits per heavy atom. The van der Waals surface area contributed by atoms with E-state index in [0.29, 0.717) is 23.4 Å². The quantitative estimate of drug-likeness (QED) is 0.540. The Balaban J connectivity index is 1.95. The molecule has 0 radical (unpaired) electrons. The molecule has 0 aliphatic heterocycles. The highest BCUT2D eigenvalue weighted by atomic mass is 16.4. The van der Waals surface area contributed by atoms with Gasteiger partial charge in [-0.05, 0) is 24.6 Å². The molecule has 3 rings (SSSR count). The number of hydrogen-bond acceptors (Lipinski definition) is 3. The van der Waals surface area contributed by atoms with Crippen molar-refractivity contribution in [1.29, 1.82) is 0 Å². The van der Waals surface area contributed by atoms with E-state index < -0.39 is 0 Å². The summed E-state index contributed by atoms with van der Waals surface area (Å²) in [7, 11) is 0. The summed E-state index contributed by atoms with van der Waals surface area (Å²) in [6.07, 6.45) is 0. The van der Waals surface area contributed by atoms with Crippen molar-refractivity contribution in [3.63, 3.8) is 0 Å². The molecular formula is C18H15NO2. The molecule has 2 aromatic carbocycles. The molecule has 104 valence electrons. The highest BCUT2D eigenvalue weighted by Crippen LogP contribution is 2.13. The van der Waals surface area contributed by atoms with Gasteiger partial charge in [0.1, 0.15) is 5.58 Å². The third-order valence-electron chi connectivity index (χ3n) is 3.37. The zero-order valence-electron chi connectivity index (χ0n) is 11.7. The van der Waals surface area contributed by atoms with Gasteiger partial charge in [-0.2, -0.15) is 0 Å². The van der Waals surface area contributed by atoms with Crippen molar-refractivity contribution in [2.75, 3.05) is 0 Å². The molecule has 3 nitrogen and oxygen atoms in total. The van der Waals surface area contributed by atoms with Crippen LogP contribution in [-0.4, -0.2) is 5.71 Å². The molecule has 0 aliphatic carbocycles. The monoisotopic (exact) mass is 277 g/mol. The molecule has 0 fully saturated rings. The standard InChI is InChI=1S/C18H15NO2/c1-13(19-12-14-7-3-2-4-8-14)16-11-15-9-5-6-10-17(15)21-18(16)20/h2-11H,12H2,1H3. The van der Waals surface area contributed by atoms with Crippen molar-refractivity contribution in [2.24, 2.45) is 4.99 Å². The van der Waals surface area contributed by atoms with Gasteiger partial charge in [-0.3, -0.25) is 4.99 Å². The van der Waals surface area contributed by atoms with Gasteiger partial charge in [0.25, 0.3) is 0 Å². The van der Waals surface area contributed by atoms with Crippen molar-refractivity contribution in [1.82, 2.24) is 0 Å². The molecule has 1 aromatic heterocycles. The molecule has 0 aliphatic rings. The third-order valence-corrected chi connectivity index (χ3v) is 3.37. The van der Waals surface area contributed by atoms with Crippen LogP contribution in [0.15, 0.2) is 74.9 Å². The van der Waals surface area contributed by atoms with E-state index >= 15 is 0 Å². The van der Waals surface area contributed by atoms with Crippen LogP contribution in [0.1, 0.15) is 18.1 Å². The molecule has 0 bridgehead atoms. The number of benzene rings is 2. The van der Waals surface area contributed by atoms with Gasteiger partial charge in [-0.25, -0.2) is 4.79 Å². The van der Waals surface area contributed by atoms with E-state index in [1.807, 2.05) is 61.5 Å². The van der Waals surface area contributed by atoms with Crippen molar-refractivity contribution in [3.05, 3.63) is 82.2 Å². The molecule has 21 heavy (non-hydrogen) atoms. The first-order valence-electron chi connectivity index (χ1n) is 6.82. The fourth-order valence-electron chi connectivity index (χ4n) is 2.19. The van der Waals surface area contributed by atoms with E-state index in [1.54, 1.807) is 6.07 Å². The summed E-state index contributed by atoms with van der Waals surface area (Å²) in [6, 6.07) is 19.3. The van der Waals surface area contributed by atoms with Gasteiger partial charge >= 0.3 is 5.63 Å². The number of para-hydroxylation sites is 1. The van der Waals surface area contributed by atoms with Crippen LogP contribution < -0.4 is 5.63 Å². The lowest BCUT2D eigenvalue weighted by Gasteiger charge is -2.02. The van der Waals surface area contributed by atoms with Crippen LogP contribution in [0.5, 0.6) is 0 Å². The average Bonchev–Trinajstić information content (AvgIpc) is 2.53. The molecule has 3 heteroatoms. The van der Waals surface area contributed by atoms with Crippen molar-refractivity contribution in [2.45, 2.75) is 13.5 Å². The Morgan fingerprint density at radius 2 is 1.76 bits per heavy atom. The lowest BCUT2D eigenvalue weighted by atomic mass is 10.1. The van der Waals surface area contributed by atoms with E-state index in [2.05, 4.69) is 4.99 Å². The molecule has 0 saturated heterocycles. The Bertz CT molecular complexity index is 848. The van der Waals surface area contributed by atoms with E-state index in [4.69, 9.17) is 4.42 Å². The first-order valence-corrected chi connectivity index (χ1v) is 6.82. The van der Waals surface area contributed by atoms with E-state index in [-0.39, 0.29) is 5.63 Å². The van der Waals surface area contributed by atoms with Gasteiger partial charge in [0.15, 0.2) is 0 Å². The van der Waals surface area contributed by atoms with Gasteiger partial charge in [0, 0.05) is 11.1 Å². The van der Waals surface area contributed by atoms with Gasteiger partial charge in [0.05, 0.1) is 12.1 Å². The summed E-state index contributed by atoms with van der Waals surface area (Å²) in [6.45, 7) is 2.39. The summed E-state index contributed by atoms with van der Waals surface area (Å²) < 4.78 is 5.33. The Morgan fingerprint density at radius 3 is 2.57 bits per heavy atom. The maximum absolute atomic E-state index is 12.0. The molecule has 0 amide bonds. The van der Waals surface area contributed by atoms with Crippen LogP contribution in [0.3, 0.4) is 0 Å². The van der Waals surface area contributed by atoms with Crippen LogP contribution in [0.4, 0.5) is 0 Å². The van der Waals surface area contributed by atoms with Gasteiger partial charge in [0.2, 0.25) is 0 Å². The topological polar surface area (TPSA) is 42.6 Å². The molecule has 0 saturated carbocycles. The van der Waals surface area contributed by atoms with Crippen LogP contribution in [-0.2, 0) is 6.54 Å². The van der Waals surface area contributed by atoms with Crippen molar-refractivity contribution >= 4 is 16.7 Å². The summed E-state index contributed by atoms with van der Waals surface area (Å²) in [5.74, 6) is 0. The molecule has 0 N–H and O–H groups in total. The van der Waals surface area contributed by atoms with Crippen molar-refractivity contribution < 1.29 is 4.42 Å². The Hall–Kier alpha value is -2.68. The number of fused-ring (bicyclic) bond motifs is 1. The minimum Gasteiger partial charge on any atom is -0.422 e. The van der Waals surface area contributed by atoms with Crippen LogP contribution in [0, 0.1) is 0 Å². The number of rotatable bonds is 3. The first-order chi connectivity index (χ1) is 10.2. The third kappa shape index (κ3) is 2.92. The van der Waals surface area contributed by atoms with Crippen LogP contribution >= 0.6 is 0 Å². The average molecular weight is 277 g/mol. The second-order valence-corrected chi connectivity index (χ2v) is 4.87. The highest BCUT2D eigenvalue weighted by molar-refractivity contribution is 6.00. The smallest absolute Gasteiger partial charge is 0.345 e. The zero-order valence-corrected chi connectivity index (χ0v) is 11.7. The van der Waals surface area contributed by atoms with E-state index in [0.717, 1.165) is 10.9 Å². The Kier molecular flexibility index (Phi) is 3.65. The normalized spacial score (nSPS) is 11.8. The highest BCUT2D eigenvalue weighted by Gasteiger charge is 2.07. The summed E-state index contributed by atoms with van der Waals surface area (Å²) in [4.78, 5) is 16.5. The molecule has 0 atom stereocenters. The van der Waals surface area contributed by atoms with Crippen LogP contribution in [0.25, 0.3) is 11.0 Å². The largest absolute Gasteiger partial charge is 0.422 e. The summed E-state index contributed by atoms with van der Waals surface area (Å²) in [5.41, 5.74) is 2.58.